The number of nitrogens with one attached hydrogen (secondary N) is 2. The van der Waals surface area contributed by atoms with Crippen LogP contribution in [-0.2, 0) is 10.2 Å². The molecule has 2 N–H and O–H groups in total. The lowest BCUT2D eigenvalue weighted by Crippen LogP contribution is -2.28. The van der Waals surface area contributed by atoms with Crippen LogP contribution in [0.5, 0.6) is 0 Å². The Labute approximate surface area is 180 Å². The fourth-order valence-corrected chi connectivity index (χ4v) is 4.76. The molecule has 1 saturated carbocycles. The summed E-state index contributed by atoms with van der Waals surface area (Å²) in [5.41, 5.74) is -0.994. The summed E-state index contributed by atoms with van der Waals surface area (Å²) in [5, 5.41) is 16.6. The number of carbonyl (C=O) groups is 1. The predicted octanol–water partition coefficient (Wildman–Crippen LogP) is 4.91. The van der Waals surface area contributed by atoms with Crippen molar-refractivity contribution in [3.63, 3.8) is 0 Å². The van der Waals surface area contributed by atoms with Gasteiger partial charge in [-0.05, 0) is 43.4 Å². The summed E-state index contributed by atoms with van der Waals surface area (Å²) in [7, 11) is 0. The lowest BCUT2D eigenvalue weighted by molar-refractivity contribution is -0.160. The first kappa shape index (κ1) is 21.1. The van der Waals surface area contributed by atoms with Crippen LogP contribution in [0.4, 0.5) is 24.1 Å². The molecule has 31 heavy (non-hydrogen) atoms. The van der Waals surface area contributed by atoms with Crippen LogP contribution in [0.1, 0.15) is 35.4 Å². The van der Waals surface area contributed by atoms with Crippen LogP contribution in [0, 0.1) is 18.3 Å². The summed E-state index contributed by atoms with van der Waals surface area (Å²) in [6, 6.07) is 9.17. The lowest BCUT2D eigenvalue weighted by Gasteiger charge is -2.17. The van der Waals surface area contributed by atoms with Crippen molar-refractivity contribution in [1.82, 2.24) is 9.97 Å². The van der Waals surface area contributed by atoms with Crippen molar-refractivity contribution in [2.24, 2.45) is 0 Å². The van der Waals surface area contributed by atoms with Crippen molar-refractivity contribution in [3.05, 3.63) is 46.6 Å². The maximum Gasteiger partial charge on any atom is 0.399 e. The molecule has 1 fully saturated rings. The second-order valence-electron chi connectivity index (χ2n) is 7.45. The van der Waals surface area contributed by atoms with E-state index in [1.807, 2.05) is 12.1 Å². The fraction of sp³-hybridized carbons (Fsp3) is 0.333. The number of fused-ring (bicyclic) bond motifs is 1. The summed E-state index contributed by atoms with van der Waals surface area (Å²) in [4.78, 5) is 20.8. The van der Waals surface area contributed by atoms with E-state index >= 15 is 0 Å². The van der Waals surface area contributed by atoms with Gasteiger partial charge in [-0.2, -0.15) is 18.4 Å². The molecule has 1 aliphatic carbocycles. The van der Waals surface area contributed by atoms with Gasteiger partial charge < -0.3 is 10.6 Å². The van der Waals surface area contributed by atoms with Crippen molar-refractivity contribution >= 4 is 39.0 Å². The van der Waals surface area contributed by atoms with Crippen LogP contribution in [0.25, 0.3) is 10.8 Å². The molecule has 2 heterocycles. The van der Waals surface area contributed by atoms with Crippen LogP contribution in [-0.4, -0.2) is 28.6 Å². The van der Waals surface area contributed by atoms with E-state index in [0.29, 0.717) is 17.1 Å². The van der Waals surface area contributed by atoms with E-state index in [1.54, 1.807) is 18.3 Å². The SMILES string of the molecule is Cc1nc(NC(=O)CCNc2nccc3ccc(C#N)cc23)sc1C1(C(F)(F)F)CC1. The van der Waals surface area contributed by atoms with Crippen LogP contribution >= 0.6 is 11.3 Å². The molecule has 10 heteroatoms. The number of rotatable bonds is 6. The molecular formula is C21H18F3N5OS. The molecule has 0 unspecified atom stereocenters. The Balaban J connectivity index is 1.39. The number of halogens is 3. The van der Waals surface area contributed by atoms with Gasteiger partial charge in [0, 0.05) is 29.4 Å². The second-order valence-corrected chi connectivity index (χ2v) is 8.44. The van der Waals surface area contributed by atoms with Gasteiger partial charge in [0.25, 0.3) is 0 Å². The number of nitrogens with zero attached hydrogens (tertiary/aromatic N) is 3. The Hall–Kier alpha value is -3.19. The van der Waals surface area contributed by atoms with Crippen molar-refractivity contribution in [3.8, 4) is 6.07 Å². The number of hydrogen-bond acceptors (Lipinski definition) is 6. The summed E-state index contributed by atoms with van der Waals surface area (Å²) in [6.45, 7) is 1.80. The van der Waals surface area contributed by atoms with Crippen molar-refractivity contribution in [2.45, 2.75) is 37.8 Å². The van der Waals surface area contributed by atoms with Crippen LogP contribution in [0.15, 0.2) is 30.5 Å². The number of thiazole rings is 1. The molecule has 1 aliphatic rings. The van der Waals surface area contributed by atoms with Gasteiger partial charge in [-0.1, -0.05) is 6.07 Å². The monoisotopic (exact) mass is 445 g/mol. The number of benzene rings is 1. The van der Waals surface area contributed by atoms with E-state index in [2.05, 4.69) is 26.7 Å². The summed E-state index contributed by atoms with van der Waals surface area (Å²) in [5.74, 6) is 0.193. The van der Waals surface area contributed by atoms with Gasteiger partial charge >= 0.3 is 6.18 Å². The van der Waals surface area contributed by atoms with E-state index in [1.165, 1.54) is 6.92 Å². The second kappa shape index (κ2) is 7.81. The average Bonchev–Trinajstić information content (AvgIpc) is 3.46. The molecule has 0 saturated heterocycles. The molecular weight excluding hydrogens is 427 g/mol. The average molecular weight is 445 g/mol. The van der Waals surface area contributed by atoms with Crippen LogP contribution < -0.4 is 10.6 Å². The summed E-state index contributed by atoms with van der Waals surface area (Å²) >= 11 is 0.894. The quantitative estimate of drug-likeness (QED) is 0.563. The number of aryl methyl sites for hydroxylation is 1. The highest BCUT2D eigenvalue weighted by atomic mass is 32.1. The molecule has 1 amide bonds. The highest BCUT2D eigenvalue weighted by molar-refractivity contribution is 7.16. The lowest BCUT2D eigenvalue weighted by atomic mass is 10.0. The van der Waals surface area contributed by atoms with E-state index < -0.39 is 11.6 Å². The Kier molecular flexibility index (Phi) is 5.31. The third-order valence-electron chi connectivity index (χ3n) is 5.31. The van der Waals surface area contributed by atoms with Gasteiger partial charge in [0.2, 0.25) is 5.91 Å². The first-order chi connectivity index (χ1) is 14.7. The van der Waals surface area contributed by atoms with Gasteiger partial charge in [0.05, 0.1) is 17.3 Å². The molecule has 3 aromatic rings. The minimum absolute atomic E-state index is 0.0579. The maximum absolute atomic E-state index is 13.4. The minimum atomic E-state index is -4.31. The normalized spacial score (nSPS) is 14.8. The molecule has 1 aromatic carbocycles. The third kappa shape index (κ3) is 4.05. The van der Waals surface area contributed by atoms with Crippen LogP contribution in [0.3, 0.4) is 0 Å². The van der Waals surface area contributed by atoms with E-state index in [4.69, 9.17) is 5.26 Å². The Morgan fingerprint density at radius 2 is 2.10 bits per heavy atom. The van der Waals surface area contributed by atoms with Gasteiger partial charge in [-0.25, -0.2) is 9.97 Å². The first-order valence-corrected chi connectivity index (χ1v) is 10.4. The fourth-order valence-electron chi connectivity index (χ4n) is 3.51. The molecule has 0 radical (unpaired) electrons. The molecule has 0 atom stereocenters. The van der Waals surface area contributed by atoms with Gasteiger partial charge in [-0.15, -0.1) is 11.3 Å². The maximum atomic E-state index is 13.4. The molecule has 0 bridgehead atoms. The first-order valence-electron chi connectivity index (χ1n) is 9.61. The smallest absolute Gasteiger partial charge is 0.369 e. The zero-order chi connectivity index (χ0) is 22.2. The largest absolute Gasteiger partial charge is 0.399 e. The van der Waals surface area contributed by atoms with Gasteiger partial charge in [-0.3, -0.25) is 4.79 Å². The van der Waals surface area contributed by atoms with Crippen molar-refractivity contribution < 1.29 is 18.0 Å². The highest BCUT2D eigenvalue weighted by Crippen LogP contribution is 2.61. The molecule has 2 aromatic heterocycles. The number of anilines is 2. The Morgan fingerprint density at radius 3 is 2.77 bits per heavy atom. The van der Waals surface area contributed by atoms with Crippen molar-refractivity contribution in [1.29, 1.82) is 5.26 Å². The van der Waals surface area contributed by atoms with E-state index in [-0.39, 0.29) is 41.7 Å². The number of aromatic nitrogens is 2. The number of amides is 1. The number of pyridine rings is 1. The van der Waals surface area contributed by atoms with Gasteiger partial charge in [0.15, 0.2) is 5.13 Å². The van der Waals surface area contributed by atoms with Crippen LogP contribution in [0.2, 0.25) is 0 Å². The molecule has 0 spiro atoms. The van der Waals surface area contributed by atoms with Gasteiger partial charge in [0.1, 0.15) is 11.2 Å². The molecule has 160 valence electrons. The molecule has 4 rings (SSSR count). The number of hydrogen-bond donors (Lipinski definition) is 2. The minimum Gasteiger partial charge on any atom is -0.369 e. The Bertz CT molecular complexity index is 1190. The third-order valence-corrected chi connectivity index (χ3v) is 6.59. The summed E-state index contributed by atoms with van der Waals surface area (Å²) in [6.07, 6.45) is -2.49. The standard InChI is InChI=1S/C21H18F3N5OS/c1-12-17(20(6-7-20)21(22,23)24)31-19(28-12)29-16(30)5-9-27-18-15-10-13(11-25)2-3-14(15)4-8-26-18/h2-4,8,10H,5-7,9H2,1H3,(H,26,27)(H,28,29,30). The van der Waals surface area contributed by atoms with E-state index in [0.717, 1.165) is 22.1 Å². The Morgan fingerprint density at radius 1 is 1.32 bits per heavy atom. The topological polar surface area (TPSA) is 90.7 Å². The zero-order valence-corrected chi connectivity index (χ0v) is 17.3. The highest BCUT2D eigenvalue weighted by Gasteiger charge is 2.65. The zero-order valence-electron chi connectivity index (χ0n) is 16.5. The van der Waals surface area contributed by atoms with E-state index in [9.17, 15) is 18.0 Å². The number of alkyl halides is 3. The van der Waals surface area contributed by atoms with Crippen molar-refractivity contribution in [2.75, 3.05) is 17.2 Å². The summed E-state index contributed by atoms with van der Waals surface area (Å²) < 4.78 is 40.1. The number of nitriles is 1. The molecule has 0 aliphatic heterocycles. The predicted molar refractivity (Wildman–Crippen MR) is 112 cm³/mol. The molecule has 6 nitrogen and oxygen atoms in total. The number of carbonyl (C=O) groups excluding carboxylic acids is 1.